The van der Waals surface area contributed by atoms with E-state index < -0.39 is 27.2 Å². The van der Waals surface area contributed by atoms with Crippen molar-refractivity contribution in [3.63, 3.8) is 0 Å². The summed E-state index contributed by atoms with van der Waals surface area (Å²) in [6.45, 7) is 0. The third kappa shape index (κ3) is 3.37. The molecule has 23 heavy (non-hydrogen) atoms. The van der Waals surface area contributed by atoms with E-state index in [9.17, 15) is 25.0 Å². The quantitative estimate of drug-likeness (QED) is 0.504. The predicted molar refractivity (Wildman–Crippen MR) is 78.6 cm³/mol. The third-order valence-electron chi connectivity index (χ3n) is 2.85. The lowest BCUT2D eigenvalue weighted by molar-refractivity contribution is -0.394. The Balaban J connectivity index is 2.47. The van der Waals surface area contributed by atoms with Gasteiger partial charge in [-0.3, -0.25) is 20.2 Å². The number of carbonyl (C=O) groups excluding carboxylic acids is 1. The predicted octanol–water partition coefficient (Wildman–Crippen LogP) is 2.43. The van der Waals surface area contributed by atoms with E-state index in [2.05, 4.69) is 15.0 Å². The molecule has 2 rings (SSSR count). The molecule has 0 unspecified atom stereocenters. The van der Waals surface area contributed by atoms with Crippen molar-refractivity contribution in [3.8, 4) is 0 Å². The first-order chi connectivity index (χ1) is 10.9. The Morgan fingerprint density at radius 2 is 1.91 bits per heavy atom. The highest BCUT2D eigenvalue weighted by Crippen LogP contribution is 2.30. The highest BCUT2D eigenvalue weighted by molar-refractivity contribution is 5.96. The van der Waals surface area contributed by atoms with Crippen molar-refractivity contribution < 1.29 is 19.4 Å². The van der Waals surface area contributed by atoms with Crippen LogP contribution in [0, 0.1) is 20.2 Å². The Hall–Kier alpha value is -3.56. The van der Waals surface area contributed by atoms with E-state index >= 15 is 0 Å². The molecule has 0 spiro atoms. The Bertz CT molecular complexity index is 792. The first kappa shape index (κ1) is 15.8. The number of para-hydroxylation sites is 1. The number of ether oxygens (including phenoxy) is 1. The number of pyridine rings is 1. The summed E-state index contributed by atoms with van der Waals surface area (Å²) in [5.41, 5.74) is -0.726. The fourth-order valence-electron chi connectivity index (χ4n) is 1.79. The van der Waals surface area contributed by atoms with Gasteiger partial charge in [0.25, 0.3) is 5.69 Å². The van der Waals surface area contributed by atoms with Gasteiger partial charge in [-0.05, 0) is 12.1 Å². The second-order valence-corrected chi connectivity index (χ2v) is 4.24. The molecule has 0 aliphatic heterocycles. The number of aromatic nitrogens is 1. The van der Waals surface area contributed by atoms with Crippen LogP contribution >= 0.6 is 0 Å². The molecule has 1 aromatic heterocycles. The van der Waals surface area contributed by atoms with Crippen LogP contribution in [0.3, 0.4) is 0 Å². The smallest absolute Gasteiger partial charge is 0.339 e. The van der Waals surface area contributed by atoms with Gasteiger partial charge in [0, 0.05) is 0 Å². The first-order valence-corrected chi connectivity index (χ1v) is 6.17. The van der Waals surface area contributed by atoms with Crippen molar-refractivity contribution in [1.29, 1.82) is 0 Å². The lowest BCUT2D eigenvalue weighted by atomic mass is 10.2. The molecule has 0 amide bonds. The Kier molecular flexibility index (Phi) is 4.45. The summed E-state index contributed by atoms with van der Waals surface area (Å²) in [5.74, 6) is -0.866. The largest absolute Gasteiger partial charge is 0.465 e. The van der Waals surface area contributed by atoms with Crippen LogP contribution in [0.4, 0.5) is 22.9 Å². The minimum absolute atomic E-state index is 0.143. The molecule has 0 saturated heterocycles. The molecule has 0 radical (unpaired) electrons. The molecule has 0 saturated carbocycles. The van der Waals surface area contributed by atoms with Gasteiger partial charge in [0.2, 0.25) is 5.82 Å². The van der Waals surface area contributed by atoms with Crippen LogP contribution in [0.1, 0.15) is 10.4 Å². The number of nitrogens with one attached hydrogen (secondary N) is 1. The molecule has 1 N–H and O–H groups in total. The van der Waals surface area contributed by atoms with Crippen LogP contribution in [0.5, 0.6) is 0 Å². The average Bonchev–Trinajstić information content (AvgIpc) is 2.54. The second-order valence-electron chi connectivity index (χ2n) is 4.24. The summed E-state index contributed by atoms with van der Waals surface area (Å²) in [5, 5.41) is 24.4. The minimum Gasteiger partial charge on any atom is -0.465 e. The van der Waals surface area contributed by atoms with Gasteiger partial charge in [0.05, 0.1) is 34.3 Å². The van der Waals surface area contributed by atoms with Gasteiger partial charge in [0.15, 0.2) is 0 Å². The molecule has 10 heteroatoms. The van der Waals surface area contributed by atoms with Crippen molar-refractivity contribution in [2.75, 3.05) is 12.4 Å². The molecule has 0 atom stereocenters. The Morgan fingerprint density at radius 3 is 2.52 bits per heavy atom. The van der Waals surface area contributed by atoms with Gasteiger partial charge in [-0.1, -0.05) is 12.1 Å². The number of carbonyl (C=O) groups is 1. The summed E-state index contributed by atoms with van der Waals surface area (Å²) in [7, 11) is 1.20. The molecule has 2 aromatic rings. The zero-order valence-corrected chi connectivity index (χ0v) is 11.8. The van der Waals surface area contributed by atoms with Crippen molar-refractivity contribution in [1.82, 2.24) is 4.98 Å². The standard InChI is InChI=1S/C13H10N4O6/c1-23-13(18)9-4-2-3-5-10(9)15-12-11(17(21)22)6-8(7-14-12)16(19)20/h2-7H,1H3,(H,14,15). The van der Waals surface area contributed by atoms with Gasteiger partial charge in [-0.2, -0.15) is 0 Å². The normalized spacial score (nSPS) is 9.96. The van der Waals surface area contributed by atoms with Crippen LogP contribution in [-0.4, -0.2) is 27.9 Å². The van der Waals surface area contributed by atoms with E-state index in [0.717, 1.165) is 12.3 Å². The molecule has 1 heterocycles. The van der Waals surface area contributed by atoms with Gasteiger partial charge in [0.1, 0.15) is 6.20 Å². The van der Waals surface area contributed by atoms with E-state index in [-0.39, 0.29) is 17.1 Å². The highest BCUT2D eigenvalue weighted by Gasteiger charge is 2.22. The molecule has 0 bridgehead atoms. The zero-order valence-electron chi connectivity index (χ0n) is 11.8. The topological polar surface area (TPSA) is 138 Å². The molecule has 0 aliphatic rings. The van der Waals surface area contributed by atoms with Gasteiger partial charge in [-0.25, -0.2) is 9.78 Å². The lowest BCUT2D eigenvalue weighted by Gasteiger charge is -2.09. The maximum Gasteiger partial charge on any atom is 0.339 e. The van der Waals surface area contributed by atoms with Crippen LogP contribution in [-0.2, 0) is 4.74 Å². The van der Waals surface area contributed by atoms with Gasteiger partial charge in [-0.15, -0.1) is 0 Å². The van der Waals surface area contributed by atoms with E-state index in [4.69, 9.17) is 0 Å². The molecule has 118 valence electrons. The third-order valence-corrected chi connectivity index (χ3v) is 2.85. The van der Waals surface area contributed by atoms with E-state index in [1.807, 2.05) is 0 Å². The molecular weight excluding hydrogens is 308 g/mol. The van der Waals surface area contributed by atoms with Crippen LogP contribution < -0.4 is 5.32 Å². The zero-order chi connectivity index (χ0) is 17.0. The summed E-state index contributed by atoms with van der Waals surface area (Å²) in [4.78, 5) is 35.6. The monoisotopic (exact) mass is 318 g/mol. The maximum atomic E-state index is 11.7. The number of benzene rings is 1. The molecular formula is C13H10N4O6. The molecule has 0 fully saturated rings. The summed E-state index contributed by atoms with van der Waals surface area (Å²) >= 11 is 0. The summed E-state index contributed by atoms with van der Waals surface area (Å²) < 4.78 is 4.62. The number of methoxy groups -OCH3 is 1. The number of nitro groups is 2. The number of hydrogen-bond donors (Lipinski definition) is 1. The SMILES string of the molecule is COC(=O)c1ccccc1Nc1ncc([N+](=O)[O-])cc1[N+](=O)[O-]. The summed E-state index contributed by atoms with van der Waals surface area (Å²) in [6, 6.07) is 6.95. The van der Waals surface area contributed by atoms with E-state index in [1.54, 1.807) is 12.1 Å². The van der Waals surface area contributed by atoms with Gasteiger partial charge >= 0.3 is 11.7 Å². The van der Waals surface area contributed by atoms with Crippen molar-refractivity contribution in [3.05, 3.63) is 62.3 Å². The Labute approximate surface area is 129 Å². The van der Waals surface area contributed by atoms with Crippen molar-refractivity contribution in [2.45, 2.75) is 0 Å². The summed E-state index contributed by atoms with van der Waals surface area (Å²) in [6.07, 6.45) is 0.885. The number of anilines is 2. The number of hydrogen-bond acceptors (Lipinski definition) is 8. The lowest BCUT2D eigenvalue weighted by Crippen LogP contribution is -2.07. The van der Waals surface area contributed by atoms with E-state index in [1.165, 1.54) is 19.2 Å². The molecule has 0 aliphatic carbocycles. The van der Waals surface area contributed by atoms with E-state index in [0.29, 0.717) is 0 Å². The Morgan fingerprint density at radius 1 is 1.22 bits per heavy atom. The number of nitrogens with zero attached hydrogens (tertiary/aromatic N) is 3. The van der Waals surface area contributed by atoms with Crippen molar-refractivity contribution in [2.24, 2.45) is 0 Å². The number of esters is 1. The van der Waals surface area contributed by atoms with Crippen LogP contribution in [0.2, 0.25) is 0 Å². The van der Waals surface area contributed by atoms with Gasteiger partial charge < -0.3 is 10.1 Å². The number of rotatable bonds is 5. The van der Waals surface area contributed by atoms with Crippen LogP contribution in [0.25, 0.3) is 0 Å². The highest BCUT2D eigenvalue weighted by atomic mass is 16.6. The van der Waals surface area contributed by atoms with Crippen molar-refractivity contribution >= 4 is 28.8 Å². The maximum absolute atomic E-state index is 11.7. The molecule has 10 nitrogen and oxygen atoms in total. The van der Waals surface area contributed by atoms with Crippen LogP contribution in [0.15, 0.2) is 36.5 Å². The first-order valence-electron chi connectivity index (χ1n) is 6.17. The minimum atomic E-state index is -0.802. The fourth-order valence-corrected chi connectivity index (χ4v) is 1.79. The fraction of sp³-hybridized carbons (Fsp3) is 0.0769. The average molecular weight is 318 g/mol. The second kappa shape index (κ2) is 6.47. The molecule has 1 aromatic carbocycles.